The Hall–Kier alpha value is -1.65. The van der Waals surface area contributed by atoms with E-state index in [1.165, 1.54) is 12.3 Å². The van der Waals surface area contributed by atoms with Crippen LogP contribution >= 0.6 is 0 Å². The van der Waals surface area contributed by atoms with E-state index in [0.29, 0.717) is 12.2 Å². The molecule has 2 N–H and O–H groups in total. The first-order chi connectivity index (χ1) is 6.74. The van der Waals surface area contributed by atoms with Crippen molar-refractivity contribution in [1.29, 1.82) is 0 Å². The predicted molar refractivity (Wildman–Crippen MR) is 53.7 cm³/mol. The van der Waals surface area contributed by atoms with Gasteiger partial charge in [-0.25, -0.2) is 4.79 Å². The lowest BCUT2D eigenvalue weighted by atomic mass is 10.3. The molecule has 0 aliphatic rings. The van der Waals surface area contributed by atoms with Crippen LogP contribution in [0.1, 0.15) is 31.1 Å². The highest BCUT2D eigenvalue weighted by Gasteiger charge is 2.06. The smallest absolute Gasteiger partial charge is 0.339 e. The molecule has 14 heavy (non-hydrogen) atoms. The molecule has 5 heteroatoms. The van der Waals surface area contributed by atoms with Crippen LogP contribution in [0, 0.1) is 0 Å². The first-order valence-corrected chi connectivity index (χ1v) is 4.49. The standard InChI is InChI=1S/C7H9N3O2.C2H6/c1-2-12-7(11)5-3-6(8)10-9-4-5;1-2/h3-4H,2H2,1H3,(H2,8,10);1-2H3. The van der Waals surface area contributed by atoms with Gasteiger partial charge in [0.2, 0.25) is 0 Å². The van der Waals surface area contributed by atoms with Gasteiger partial charge in [-0.05, 0) is 13.0 Å². The average Bonchev–Trinajstić information content (AvgIpc) is 2.21. The maximum Gasteiger partial charge on any atom is 0.339 e. The number of nitrogen functional groups attached to an aromatic ring is 1. The summed E-state index contributed by atoms with van der Waals surface area (Å²) < 4.78 is 4.72. The van der Waals surface area contributed by atoms with E-state index >= 15 is 0 Å². The summed E-state index contributed by atoms with van der Waals surface area (Å²) in [4.78, 5) is 11.1. The highest BCUT2D eigenvalue weighted by Crippen LogP contribution is 2.02. The monoisotopic (exact) mass is 197 g/mol. The molecule has 0 aliphatic carbocycles. The SMILES string of the molecule is CC.CCOC(=O)c1cnnc(N)c1. The Morgan fingerprint density at radius 2 is 2.21 bits per heavy atom. The van der Waals surface area contributed by atoms with Crippen molar-refractivity contribution in [2.75, 3.05) is 12.3 Å². The Morgan fingerprint density at radius 1 is 1.57 bits per heavy atom. The fourth-order valence-electron chi connectivity index (χ4n) is 0.709. The van der Waals surface area contributed by atoms with Crippen molar-refractivity contribution in [3.05, 3.63) is 17.8 Å². The van der Waals surface area contributed by atoms with Crippen LogP contribution in [0.15, 0.2) is 12.3 Å². The third-order valence-electron chi connectivity index (χ3n) is 1.18. The summed E-state index contributed by atoms with van der Waals surface area (Å²) in [6, 6.07) is 1.42. The minimum absolute atomic E-state index is 0.209. The highest BCUT2D eigenvalue weighted by atomic mass is 16.5. The Morgan fingerprint density at radius 3 is 2.71 bits per heavy atom. The van der Waals surface area contributed by atoms with E-state index in [4.69, 9.17) is 10.5 Å². The molecule has 0 unspecified atom stereocenters. The summed E-state index contributed by atoms with van der Waals surface area (Å²) in [6.45, 7) is 6.07. The van der Waals surface area contributed by atoms with Crippen LogP contribution in [-0.4, -0.2) is 22.8 Å². The molecule has 1 aromatic heterocycles. The molecule has 0 saturated carbocycles. The van der Waals surface area contributed by atoms with E-state index in [9.17, 15) is 4.79 Å². The molecule has 1 rings (SSSR count). The van der Waals surface area contributed by atoms with Gasteiger partial charge in [-0.3, -0.25) is 0 Å². The van der Waals surface area contributed by atoms with Crippen molar-refractivity contribution in [3.8, 4) is 0 Å². The topological polar surface area (TPSA) is 78.1 Å². The number of ether oxygens (including phenoxy) is 1. The zero-order chi connectivity index (χ0) is 11.0. The number of aromatic nitrogens is 2. The van der Waals surface area contributed by atoms with Gasteiger partial charge in [-0.2, -0.15) is 5.10 Å². The van der Waals surface area contributed by atoms with Gasteiger partial charge in [0.25, 0.3) is 0 Å². The fraction of sp³-hybridized carbons (Fsp3) is 0.444. The lowest BCUT2D eigenvalue weighted by molar-refractivity contribution is 0.0525. The molecular formula is C9H15N3O2. The van der Waals surface area contributed by atoms with Gasteiger partial charge in [-0.15, -0.1) is 5.10 Å². The minimum atomic E-state index is -0.431. The third-order valence-corrected chi connectivity index (χ3v) is 1.18. The zero-order valence-corrected chi connectivity index (χ0v) is 8.65. The normalized spacial score (nSPS) is 8.50. The first-order valence-electron chi connectivity index (χ1n) is 4.49. The lowest BCUT2D eigenvalue weighted by Gasteiger charge is -1.99. The van der Waals surface area contributed by atoms with E-state index in [1.807, 2.05) is 13.8 Å². The molecule has 0 fully saturated rings. The molecule has 0 saturated heterocycles. The van der Waals surface area contributed by atoms with Crippen LogP contribution in [0.25, 0.3) is 0 Å². The van der Waals surface area contributed by atoms with Crippen LogP contribution in [-0.2, 0) is 4.74 Å². The average molecular weight is 197 g/mol. The molecule has 5 nitrogen and oxygen atoms in total. The number of carbonyl (C=O) groups excluding carboxylic acids is 1. The molecule has 0 aliphatic heterocycles. The van der Waals surface area contributed by atoms with E-state index in [2.05, 4.69) is 10.2 Å². The highest BCUT2D eigenvalue weighted by molar-refractivity contribution is 5.89. The predicted octanol–water partition coefficient (Wildman–Crippen LogP) is 1.26. The lowest BCUT2D eigenvalue weighted by Crippen LogP contribution is -2.06. The Bertz CT molecular complexity index is 289. The van der Waals surface area contributed by atoms with Gasteiger partial charge in [0.05, 0.1) is 18.4 Å². The third kappa shape index (κ3) is 3.84. The zero-order valence-electron chi connectivity index (χ0n) is 8.65. The Balaban J connectivity index is 0.000000791. The maximum absolute atomic E-state index is 11.1. The second kappa shape index (κ2) is 6.82. The number of nitrogens with zero attached hydrogens (tertiary/aromatic N) is 2. The number of hydrogen-bond acceptors (Lipinski definition) is 5. The molecule has 1 aromatic rings. The van der Waals surface area contributed by atoms with Gasteiger partial charge in [-0.1, -0.05) is 13.8 Å². The van der Waals surface area contributed by atoms with Gasteiger partial charge in [0.15, 0.2) is 0 Å². The summed E-state index contributed by atoms with van der Waals surface area (Å²) in [5, 5.41) is 7.01. The number of carbonyl (C=O) groups is 1. The summed E-state index contributed by atoms with van der Waals surface area (Å²) in [6.07, 6.45) is 1.31. The van der Waals surface area contributed by atoms with Crippen molar-refractivity contribution in [2.45, 2.75) is 20.8 Å². The van der Waals surface area contributed by atoms with Crippen molar-refractivity contribution in [2.24, 2.45) is 0 Å². The summed E-state index contributed by atoms with van der Waals surface area (Å²) in [5.41, 5.74) is 5.63. The van der Waals surface area contributed by atoms with Crippen molar-refractivity contribution >= 4 is 11.8 Å². The van der Waals surface area contributed by atoms with Gasteiger partial charge < -0.3 is 10.5 Å². The van der Waals surface area contributed by atoms with E-state index in [-0.39, 0.29) is 5.82 Å². The van der Waals surface area contributed by atoms with Crippen LogP contribution in [0.4, 0.5) is 5.82 Å². The van der Waals surface area contributed by atoms with Crippen molar-refractivity contribution in [3.63, 3.8) is 0 Å². The largest absolute Gasteiger partial charge is 0.462 e. The van der Waals surface area contributed by atoms with E-state index in [0.717, 1.165) is 0 Å². The van der Waals surface area contributed by atoms with E-state index < -0.39 is 5.97 Å². The van der Waals surface area contributed by atoms with Crippen LogP contribution in [0.2, 0.25) is 0 Å². The second-order valence-corrected chi connectivity index (χ2v) is 2.09. The summed E-state index contributed by atoms with van der Waals surface area (Å²) >= 11 is 0. The number of anilines is 1. The van der Waals surface area contributed by atoms with Crippen molar-refractivity contribution < 1.29 is 9.53 Å². The number of esters is 1. The van der Waals surface area contributed by atoms with Gasteiger partial charge in [0, 0.05) is 0 Å². The van der Waals surface area contributed by atoms with Gasteiger partial charge >= 0.3 is 5.97 Å². The second-order valence-electron chi connectivity index (χ2n) is 2.09. The molecule has 0 radical (unpaired) electrons. The molecular weight excluding hydrogens is 182 g/mol. The summed E-state index contributed by atoms with van der Waals surface area (Å²) in [5.74, 6) is -0.223. The number of nitrogens with two attached hydrogens (primary N) is 1. The number of hydrogen-bond donors (Lipinski definition) is 1. The van der Waals surface area contributed by atoms with E-state index in [1.54, 1.807) is 6.92 Å². The first kappa shape index (κ1) is 12.3. The van der Waals surface area contributed by atoms with Crippen LogP contribution in [0.3, 0.4) is 0 Å². The fourth-order valence-corrected chi connectivity index (χ4v) is 0.709. The Kier molecular flexibility index (Phi) is 6.02. The minimum Gasteiger partial charge on any atom is -0.462 e. The summed E-state index contributed by atoms with van der Waals surface area (Å²) in [7, 11) is 0. The quantitative estimate of drug-likeness (QED) is 0.722. The van der Waals surface area contributed by atoms with Crippen LogP contribution in [0.5, 0.6) is 0 Å². The molecule has 1 heterocycles. The maximum atomic E-state index is 11.1. The molecule has 0 atom stereocenters. The molecule has 0 amide bonds. The molecule has 0 spiro atoms. The van der Waals surface area contributed by atoms with Crippen molar-refractivity contribution in [1.82, 2.24) is 10.2 Å². The molecule has 0 bridgehead atoms. The van der Waals surface area contributed by atoms with Gasteiger partial charge in [0.1, 0.15) is 5.82 Å². The van der Waals surface area contributed by atoms with Crippen LogP contribution < -0.4 is 5.73 Å². The molecule has 0 aromatic carbocycles. The number of rotatable bonds is 2. The Labute approximate surface area is 83.3 Å². The molecule has 78 valence electrons.